The molecular weight excluding hydrogens is 328 g/mol. The molecule has 0 saturated heterocycles. The molecule has 128 valence electrons. The SMILES string of the molecule is CCNC(=S)NN=Cc1cc(C)n(-c2cccc3ccccc23)c1C. The molecule has 3 rings (SSSR count). The monoisotopic (exact) mass is 350 g/mol. The average Bonchev–Trinajstić information content (AvgIpc) is 2.88. The van der Waals surface area contributed by atoms with E-state index in [1.807, 2.05) is 13.1 Å². The second kappa shape index (κ2) is 7.49. The van der Waals surface area contributed by atoms with Crippen LogP contribution in [0.25, 0.3) is 16.5 Å². The van der Waals surface area contributed by atoms with Crippen molar-refractivity contribution in [1.29, 1.82) is 0 Å². The van der Waals surface area contributed by atoms with Crippen LogP contribution < -0.4 is 10.7 Å². The maximum Gasteiger partial charge on any atom is 0.186 e. The van der Waals surface area contributed by atoms with Crippen molar-refractivity contribution in [1.82, 2.24) is 15.3 Å². The molecule has 4 nitrogen and oxygen atoms in total. The Labute approximate surface area is 153 Å². The van der Waals surface area contributed by atoms with E-state index in [1.54, 1.807) is 0 Å². The minimum Gasteiger partial charge on any atom is -0.362 e. The quantitative estimate of drug-likeness (QED) is 0.423. The molecule has 0 aliphatic rings. The number of aryl methyl sites for hydroxylation is 1. The predicted molar refractivity (Wildman–Crippen MR) is 110 cm³/mol. The molecule has 25 heavy (non-hydrogen) atoms. The number of fused-ring (bicyclic) bond motifs is 1. The van der Waals surface area contributed by atoms with Gasteiger partial charge in [0.2, 0.25) is 0 Å². The van der Waals surface area contributed by atoms with Crippen LogP contribution in [0.2, 0.25) is 0 Å². The lowest BCUT2D eigenvalue weighted by atomic mass is 10.1. The Morgan fingerprint density at radius 2 is 1.92 bits per heavy atom. The summed E-state index contributed by atoms with van der Waals surface area (Å²) in [7, 11) is 0. The third-order valence-electron chi connectivity index (χ3n) is 4.18. The van der Waals surface area contributed by atoms with Crippen LogP contribution in [0.5, 0.6) is 0 Å². The number of hydrogen-bond donors (Lipinski definition) is 2. The molecule has 1 aromatic heterocycles. The van der Waals surface area contributed by atoms with Gasteiger partial charge in [0, 0.05) is 28.9 Å². The first-order valence-electron chi connectivity index (χ1n) is 8.35. The first-order chi connectivity index (χ1) is 12.1. The lowest BCUT2D eigenvalue weighted by Gasteiger charge is -2.13. The second-order valence-electron chi connectivity index (χ2n) is 5.89. The van der Waals surface area contributed by atoms with Gasteiger partial charge >= 0.3 is 0 Å². The summed E-state index contributed by atoms with van der Waals surface area (Å²) < 4.78 is 2.27. The number of hydrogen-bond acceptors (Lipinski definition) is 2. The van der Waals surface area contributed by atoms with Crippen molar-refractivity contribution < 1.29 is 0 Å². The Balaban J connectivity index is 1.97. The lowest BCUT2D eigenvalue weighted by molar-refractivity contribution is 0.903. The van der Waals surface area contributed by atoms with Crippen LogP contribution in [-0.4, -0.2) is 22.4 Å². The van der Waals surface area contributed by atoms with E-state index in [-0.39, 0.29) is 0 Å². The standard InChI is InChI=1S/C20H22N4S/c1-4-21-20(25)23-22-13-17-12-14(2)24(15(17)3)19-11-7-9-16-8-5-6-10-18(16)19/h5-13H,4H2,1-3H3,(H2,21,23,25). The second-order valence-corrected chi connectivity index (χ2v) is 6.30. The molecular formula is C20H22N4S. The van der Waals surface area contributed by atoms with Crippen LogP contribution in [0.15, 0.2) is 53.6 Å². The largest absolute Gasteiger partial charge is 0.362 e. The molecule has 0 unspecified atom stereocenters. The van der Waals surface area contributed by atoms with Gasteiger partial charge in [0.05, 0.1) is 11.9 Å². The first kappa shape index (κ1) is 17.2. The molecule has 0 amide bonds. The molecule has 0 atom stereocenters. The number of nitrogens with one attached hydrogen (secondary N) is 2. The van der Waals surface area contributed by atoms with Gasteiger partial charge in [-0.2, -0.15) is 5.10 Å². The molecule has 5 heteroatoms. The van der Waals surface area contributed by atoms with Crippen LogP contribution >= 0.6 is 12.2 Å². The fourth-order valence-corrected chi connectivity index (χ4v) is 3.25. The number of aromatic nitrogens is 1. The van der Waals surface area contributed by atoms with Gasteiger partial charge in [-0.15, -0.1) is 0 Å². The Morgan fingerprint density at radius 3 is 2.72 bits per heavy atom. The average molecular weight is 350 g/mol. The van der Waals surface area contributed by atoms with E-state index in [9.17, 15) is 0 Å². The summed E-state index contributed by atoms with van der Waals surface area (Å²) in [5.74, 6) is 0. The van der Waals surface area contributed by atoms with Gasteiger partial charge in [-0.1, -0.05) is 36.4 Å². The summed E-state index contributed by atoms with van der Waals surface area (Å²) in [5, 5.41) is 10.3. The zero-order valence-electron chi connectivity index (χ0n) is 14.7. The van der Waals surface area contributed by atoms with E-state index >= 15 is 0 Å². The highest BCUT2D eigenvalue weighted by molar-refractivity contribution is 7.80. The molecule has 0 radical (unpaired) electrons. The molecule has 0 saturated carbocycles. The number of hydrazone groups is 1. The third-order valence-corrected chi connectivity index (χ3v) is 4.42. The number of benzene rings is 2. The van der Waals surface area contributed by atoms with Crippen molar-refractivity contribution in [3.8, 4) is 5.69 Å². The minimum absolute atomic E-state index is 0.529. The molecule has 2 N–H and O–H groups in total. The van der Waals surface area contributed by atoms with Crippen molar-refractivity contribution in [3.63, 3.8) is 0 Å². The van der Waals surface area contributed by atoms with Crippen molar-refractivity contribution in [2.75, 3.05) is 6.54 Å². The summed E-state index contributed by atoms with van der Waals surface area (Å²) in [6.07, 6.45) is 1.81. The summed E-state index contributed by atoms with van der Waals surface area (Å²) in [6, 6.07) is 17.0. The maximum absolute atomic E-state index is 5.12. The van der Waals surface area contributed by atoms with E-state index in [0.29, 0.717) is 5.11 Å². The highest BCUT2D eigenvalue weighted by Gasteiger charge is 2.11. The lowest BCUT2D eigenvalue weighted by Crippen LogP contribution is -2.31. The van der Waals surface area contributed by atoms with Gasteiger partial charge in [-0.3, -0.25) is 5.43 Å². The summed E-state index contributed by atoms with van der Waals surface area (Å²) in [6.45, 7) is 6.99. The minimum atomic E-state index is 0.529. The zero-order valence-corrected chi connectivity index (χ0v) is 15.5. The van der Waals surface area contributed by atoms with Gasteiger partial charge in [-0.05, 0) is 50.5 Å². The normalized spacial score (nSPS) is 11.2. The fourth-order valence-electron chi connectivity index (χ4n) is 3.05. The Morgan fingerprint density at radius 1 is 1.16 bits per heavy atom. The van der Waals surface area contributed by atoms with Crippen LogP contribution in [0.1, 0.15) is 23.9 Å². The van der Waals surface area contributed by atoms with Crippen LogP contribution in [0.3, 0.4) is 0 Å². The smallest absolute Gasteiger partial charge is 0.186 e. The van der Waals surface area contributed by atoms with Crippen LogP contribution in [0.4, 0.5) is 0 Å². The van der Waals surface area contributed by atoms with E-state index in [0.717, 1.165) is 17.8 Å². The van der Waals surface area contributed by atoms with Gasteiger partial charge in [-0.25, -0.2) is 0 Å². The molecule has 0 bridgehead atoms. The highest BCUT2D eigenvalue weighted by Crippen LogP contribution is 2.26. The Bertz CT molecular complexity index is 935. The van der Waals surface area contributed by atoms with E-state index in [4.69, 9.17) is 12.2 Å². The molecule has 1 heterocycles. The van der Waals surface area contributed by atoms with Crippen molar-refractivity contribution in [2.24, 2.45) is 5.10 Å². The van der Waals surface area contributed by atoms with E-state index in [2.05, 4.69) is 82.8 Å². The molecule has 0 aliphatic carbocycles. The summed E-state index contributed by atoms with van der Waals surface area (Å²) >= 11 is 5.12. The van der Waals surface area contributed by atoms with Crippen molar-refractivity contribution >= 4 is 34.3 Å². The molecule has 3 aromatic rings. The number of thiocarbonyl (C=S) groups is 1. The highest BCUT2D eigenvalue weighted by atomic mass is 32.1. The van der Waals surface area contributed by atoms with Crippen molar-refractivity contribution in [3.05, 3.63) is 65.5 Å². The fraction of sp³-hybridized carbons (Fsp3) is 0.200. The molecule has 0 fully saturated rings. The van der Waals surface area contributed by atoms with Gasteiger partial charge in [0.25, 0.3) is 0 Å². The number of nitrogens with zero attached hydrogens (tertiary/aromatic N) is 2. The van der Waals surface area contributed by atoms with Gasteiger partial charge in [0.1, 0.15) is 0 Å². The summed E-state index contributed by atoms with van der Waals surface area (Å²) in [4.78, 5) is 0. The van der Waals surface area contributed by atoms with E-state index in [1.165, 1.54) is 22.2 Å². The third kappa shape index (κ3) is 3.56. The summed E-state index contributed by atoms with van der Waals surface area (Å²) in [5.41, 5.74) is 7.41. The van der Waals surface area contributed by atoms with Gasteiger partial charge < -0.3 is 9.88 Å². The maximum atomic E-state index is 5.12. The topological polar surface area (TPSA) is 41.4 Å². The molecule has 0 spiro atoms. The van der Waals surface area contributed by atoms with Crippen molar-refractivity contribution in [2.45, 2.75) is 20.8 Å². The Hall–Kier alpha value is -2.66. The Kier molecular flexibility index (Phi) is 5.14. The zero-order chi connectivity index (χ0) is 17.8. The predicted octanol–water partition coefficient (Wildman–Crippen LogP) is 4.07. The molecule has 0 aliphatic heterocycles. The molecule has 2 aromatic carbocycles. The van der Waals surface area contributed by atoms with Crippen LogP contribution in [-0.2, 0) is 0 Å². The first-order valence-corrected chi connectivity index (χ1v) is 8.76. The number of rotatable bonds is 4. The van der Waals surface area contributed by atoms with Gasteiger partial charge in [0.15, 0.2) is 5.11 Å². The van der Waals surface area contributed by atoms with E-state index < -0.39 is 0 Å². The van der Waals surface area contributed by atoms with Crippen LogP contribution in [0, 0.1) is 13.8 Å².